The van der Waals surface area contributed by atoms with Gasteiger partial charge in [0.1, 0.15) is 0 Å². The lowest BCUT2D eigenvalue weighted by Gasteiger charge is -2.14. The van der Waals surface area contributed by atoms with Gasteiger partial charge in [-0.1, -0.05) is 0 Å². The summed E-state index contributed by atoms with van der Waals surface area (Å²) in [5, 5.41) is 2.81. The molecule has 0 aliphatic carbocycles. The van der Waals surface area contributed by atoms with E-state index in [0.717, 1.165) is 12.8 Å². The van der Waals surface area contributed by atoms with Crippen LogP contribution in [0.2, 0.25) is 0 Å². The molecule has 0 heterocycles. The van der Waals surface area contributed by atoms with Gasteiger partial charge in [-0.3, -0.25) is 4.79 Å². The van der Waals surface area contributed by atoms with Crippen molar-refractivity contribution < 1.29 is 19.0 Å². The van der Waals surface area contributed by atoms with Gasteiger partial charge >= 0.3 is 0 Å². The van der Waals surface area contributed by atoms with Gasteiger partial charge < -0.3 is 19.5 Å². The summed E-state index contributed by atoms with van der Waals surface area (Å²) in [6, 6.07) is 0. The van der Waals surface area contributed by atoms with Crippen molar-refractivity contribution in [3.8, 4) is 0 Å². The molecule has 16 heavy (non-hydrogen) atoms. The molecular weight excluding hydrogens is 210 g/mol. The highest BCUT2D eigenvalue weighted by Gasteiger charge is 2.08. The standard InChI is InChI=1S/C11H23NO4/c1-14-7-5-4-6-11(13)12-8-10(16-3)9-15-2/h10H,4-9H2,1-3H3,(H,12,13). The quantitative estimate of drug-likeness (QED) is 0.561. The number of ether oxygens (including phenoxy) is 3. The fraction of sp³-hybridized carbons (Fsp3) is 0.909. The average Bonchev–Trinajstić information content (AvgIpc) is 2.30. The maximum atomic E-state index is 11.4. The average molecular weight is 233 g/mol. The van der Waals surface area contributed by atoms with Crippen molar-refractivity contribution in [2.45, 2.75) is 25.4 Å². The molecule has 5 nitrogen and oxygen atoms in total. The molecule has 0 aromatic carbocycles. The van der Waals surface area contributed by atoms with Gasteiger partial charge in [0, 0.05) is 40.9 Å². The first-order chi connectivity index (χ1) is 7.74. The van der Waals surface area contributed by atoms with Gasteiger partial charge in [-0.05, 0) is 12.8 Å². The Labute approximate surface area is 97.4 Å². The number of hydrogen-bond donors (Lipinski definition) is 1. The van der Waals surface area contributed by atoms with Gasteiger partial charge in [0.2, 0.25) is 5.91 Å². The van der Waals surface area contributed by atoms with Crippen molar-refractivity contribution in [2.24, 2.45) is 0 Å². The molecule has 0 radical (unpaired) electrons. The molecule has 1 atom stereocenters. The van der Waals surface area contributed by atoms with Crippen LogP contribution in [-0.4, -0.2) is 53.1 Å². The summed E-state index contributed by atoms with van der Waals surface area (Å²) < 4.78 is 15.0. The van der Waals surface area contributed by atoms with Gasteiger partial charge in [0.15, 0.2) is 0 Å². The Kier molecular flexibility index (Phi) is 10.4. The molecule has 0 fully saturated rings. The zero-order valence-corrected chi connectivity index (χ0v) is 10.5. The van der Waals surface area contributed by atoms with Gasteiger partial charge in [-0.2, -0.15) is 0 Å². The molecule has 0 spiro atoms. The molecule has 96 valence electrons. The Balaban J connectivity index is 3.47. The second-order valence-electron chi connectivity index (χ2n) is 3.57. The minimum Gasteiger partial charge on any atom is -0.385 e. The van der Waals surface area contributed by atoms with Crippen molar-refractivity contribution in [1.82, 2.24) is 5.32 Å². The van der Waals surface area contributed by atoms with Crippen molar-refractivity contribution in [3.63, 3.8) is 0 Å². The zero-order chi connectivity index (χ0) is 12.2. The number of carbonyl (C=O) groups excluding carboxylic acids is 1. The number of nitrogens with one attached hydrogen (secondary N) is 1. The molecule has 1 unspecified atom stereocenters. The zero-order valence-electron chi connectivity index (χ0n) is 10.5. The fourth-order valence-electron chi connectivity index (χ4n) is 1.24. The third kappa shape index (κ3) is 8.64. The van der Waals surface area contributed by atoms with Crippen LogP contribution in [0.1, 0.15) is 19.3 Å². The van der Waals surface area contributed by atoms with Crippen LogP contribution in [-0.2, 0) is 19.0 Å². The summed E-state index contributed by atoms with van der Waals surface area (Å²) in [4.78, 5) is 11.4. The Morgan fingerprint density at radius 2 is 1.94 bits per heavy atom. The Hall–Kier alpha value is -0.650. The SMILES string of the molecule is COCCCCC(=O)NCC(COC)OC. The number of rotatable bonds is 10. The third-order valence-corrected chi connectivity index (χ3v) is 2.22. The highest BCUT2D eigenvalue weighted by molar-refractivity contribution is 5.75. The van der Waals surface area contributed by atoms with E-state index < -0.39 is 0 Å². The second-order valence-corrected chi connectivity index (χ2v) is 3.57. The maximum Gasteiger partial charge on any atom is 0.220 e. The number of hydrogen-bond acceptors (Lipinski definition) is 4. The van der Waals surface area contributed by atoms with Gasteiger partial charge in [0.25, 0.3) is 0 Å². The highest BCUT2D eigenvalue weighted by atomic mass is 16.5. The molecule has 0 aliphatic heterocycles. The van der Waals surface area contributed by atoms with Gasteiger partial charge in [0.05, 0.1) is 12.7 Å². The van der Waals surface area contributed by atoms with Crippen LogP contribution in [0.15, 0.2) is 0 Å². The minimum absolute atomic E-state index is 0.0502. The van der Waals surface area contributed by atoms with E-state index in [2.05, 4.69) is 5.32 Å². The van der Waals surface area contributed by atoms with E-state index in [1.165, 1.54) is 0 Å². The van der Waals surface area contributed by atoms with Gasteiger partial charge in [-0.15, -0.1) is 0 Å². The molecule has 0 aromatic heterocycles. The summed E-state index contributed by atoms with van der Waals surface area (Å²) in [6.45, 7) is 1.69. The molecule has 0 aromatic rings. The molecule has 0 bridgehead atoms. The fourth-order valence-corrected chi connectivity index (χ4v) is 1.24. The predicted molar refractivity (Wildman–Crippen MR) is 61.4 cm³/mol. The smallest absolute Gasteiger partial charge is 0.220 e. The summed E-state index contributed by atoms with van der Waals surface area (Å²) in [5.41, 5.74) is 0. The first-order valence-corrected chi connectivity index (χ1v) is 5.52. The molecule has 0 aliphatic rings. The summed E-state index contributed by atoms with van der Waals surface area (Å²) in [7, 11) is 4.88. The van der Waals surface area contributed by atoms with E-state index in [-0.39, 0.29) is 12.0 Å². The van der Waals surface area contributed by atoms with E-state index >= 15 is 0 Å². The molecule has 1 N–H and O–H groups in total. The van der Waals surface area contributed by atoms with Crippen LogP contribution < -0.4 is 5.32 Å². The Morgan fingerprint density at radius 1 is 1.19 bits per heavy atom. The maximum absolute atomic E-state index is 11.4. The first-order valence-electron chi connectivity index (χ1n) is 5.52. The van der Waals surface area contributed by atoms with Crippen molar-refractivity contribution >= 4 is 5.91 Å². The molecule has 0 rings (SSSR count). The Bertz CT molecular complexity index is 175. The van der Waals surface area contributed by atoms with E-state index in [4.69, 9.17) is 14.2 Å². The summed E-state index contributed by atoms with van der Waals surface area (Å²) >= 11 is 0. The molecule has 1 amide bonds. The molecule has 5 heteroatoms. The predicted octanol–water partition coefficient (Wildman–Crippen LogP) is 0.581. The second kappa shape index (κ2) is 10.9. The Morgan fingerprint density at radius 3 is 2.50 bits per heavy atom. The van der Waals surface area contributed by atoms with Crippen LogP contribution in [0, 0.1) is 0 Å². The van der Waals surface area contributed by atoms with Crippen molar-refractivity contribution in [2.75, 3.05) is 41.1 Å². The summed E-state index contributed by atoms with van der Waals surface area (Å²) in [5.74, 6) is 0.0502. The van der Waals surface area contributed by atoms with Gasteiger partial charge in [-0.25, -0.2) is 0 Å². The first kappa shape index (κ1) is 15.3. The van der Waals surface area contributed by atoms with Crippen LogP contribution in [0.5, 0.6) is 0 Å². The lowest BCUT2D eigenvalue weighted by atomic mass is 10.2. The largest absolute Gasteiger partial charge is 0.385 e. The van der Waals surface area contributed by atoms with E-state index in [9.17, 15) is 4.79 Å². The lowest BCUT2D eigenvalue weighted by molar-refractivity contribution is -0.122. The van der Waals surface area contributed by atoms with Crippen LogP contribution >= 0.6 is 0 Å². The number of amides is 1. The molecule has 0 saturated heterocycles. The molecule has 0 saturated carbocycles. The van der Waals surface area contributed by atoms with Crippen LogP contribution in [0.4, 0.5) is 0 Å². The molecular formula is C11H23NO4. The minimum atomic E-state index is -0.0760. The van der Waals surface area contributed by atoms with E-state index in [0.29, 0.717) is 26.2 Å². The lowest BCUT2D eigenvalue weighted by Crippen LogP contribution is -2.35. The number of unbranched alkanes of at least 4 members (excludes halogenated alkanes) is 1. The van der Waals surface area contributed by atoms with E-state index in [1.54, 1.807) is 21.3 Å². The number of methoxy groups -OCH3 is 3. The monoisotopic (exact) mass is 233 g/mol. The highest BCUT2D eigenvalue weighted by Crippen LogP contribution is 1.96. The van der Waals surface area contributed by atoms with Crippen molar-refractivity contribution in [3.05, 3.63) is 0 Å². The third-order valence-electron chi connectivity index (χ3n) is 2.22. The van der Waals surface area contributed by atoms with Crippen LogP contribution in [0.25, 0.3) is 0 Å². The van der Waals surface area contributed by atoms with Crippen LogP contribution in [0.3, 0.4) is 0 Å². The van der Waals surface area contributed by atoms with Crippen molar-refractivity contribution in [1.29, 1.82) is 0 Å². The normalized spacial score (nSPS) is 12.4. The topological polar surface area (TPSA) is 56.8 Å². The summed E-state index contributed by atoms with van der Waals surface area (Å²) in [6.07, 6.45) is 2.22. The van der Waals surface area contributed by atoms with E-state index in [1.807, 2.05) is 0 Å². The number of carbonyl (C=O) groups is 1.